The van der Waals surface area contributed by atoms with Crippen LogP contribution < -0.4 is 0 Å². The standard InChI is InChI=1S/C16H18O12Si.C12H16O8Si.C9H16O5Si.C6H10O7Si/c1-23-11(17)5-8-14(20)26-29(4,27-15(21)9-6-12(18)24-2)28-16(22)10-7-13(19)25-3;1-17-9(13)5-7-11(15)19-21(3,4)20-12(16)8-6-10(14)18-2;1-12-8(10)5-6-9(11)14-7-15(3,4)13-2;1-12-5(7)2-3-6(8)13-4-14(9,10)11/h5-10H,1-4H3;5-8H,1-4H3;5-6H,7H2,1-4H3;2-3,9-11H,4H2,1H3/b8-5+,9-6+,10-7+;7-5+,8-6+;6-5+;3-2+. The van der Waals surface area contributed by atoms with E-state index >= 15 is 0 Å². The van der Waals surface area contributed by atoms with Gasteiger partial charge in [-0.2, -0.15) is 0 Å². The summed E-state index contributed by atoms with van der Waals surface area (Å²) >= 11 is 0. The Morgan fingerprint density at radius 1 is 0.291 bits per heavy atom. The highest BCUT2D eigenvalue weighted by Crippen LogP contribution is 2.13. The second-order valence-corrected chi connectivity index (χ2v) is 25.9. The molecular formula is C43H60O32Si4. The monoisotopic (exact) mass is 1200 g/mol. The topological polar surface area (TPSA) is 438 Å². The number of esters is 9. The van der Waals surface area contributed by atoms with E-state index in [1.54, 1.807) is 7.11 Å². The molecule has 79 heavy (non-hydrogen) atoms. The average Bonchev–Trinajstić information content (AvgIpc) is 3.38. The van der Waals surface area contributed by atoms with Gasteiger partial charge in [0.2, 0.25) is 8.32 Å². The molecule has 0 aliphatic carbocycles. The molecule has 0 aromatic rings. The van der Waals surface area contributed by atoms with Crippen molar-refractivity contribution >= 4 is 118 Å². The highest BCUT2D eigenvalue weighted by Gasteiger charge is 2.47. The van der Waals surface area contributed by atoms with Crippen LogP contribution in [0.25, 0.3) is 0 Å². The molecule has 0 aliphatic rings. The summed E-state index contributed by atoms with van der Waals surface area (Å²) in [6, 6.07) is 0. The second-order valence-electron chi connectivity index (χ2n) is 14.3. The molecule has 0 unspecified atom stereocenters. The van der Waals surface area contributed by atoms with E-state index in [0.29, 0.717) is 18.2 Å². The maximum absolute atomic E-state index is 11.8. The molecule has 0 amide bonds. The van der Waals surface area contributed by atoms with Crippen LogP contribution in [0, 0.1) is 0 Å². The van der Waals surface area contributed by atoms with Crippen molar-refractivity contribution in [3.8, 4) is 0 Å². The van der Waals surface area contributed by atoms with Gasteiger partial charge in [0.1, 0.15) is 6.23 Å². The van der Waals surface area contributed by atoms with Crippen LogP contribution in [-0.2, 0) is 136 Å². The fourth-order valence-corrected chi connectivity index (χ4v) is 6.80. The molecule has 0 aliphatic heterocycles. The summed E-state index contributed by atoms with van der Waals surface area (Å²) in [5, 5.41) is 0. The first-order valence-electron chi connectivity index (χ1n) is 21.0. The van der Waals surface area contributed by atoms with Gasteiger partial charge in [0.25, 0.3) is 0 Å². The molecule has 3 N–H and O–H groups in total. The summed E-state index contributed by atoms with van der Waals surface area (Å²) in [4.78, 5) is 181. The molecule has 0 aromatic heterocycles. The molecule has 0 saturated heterocycles. The lowest BCUT2D eigenvalue weighted by Gasteiger charge is -2.22. The number of ether oxygens (including phenoxy) is 9. The van der Waals surface area contributed by atoms with Crippen LogP contribution in [0.4, 0.5) is 0 Å². The number of hydrogen-bond donors (Lipinski definition) is 3. The van der Waals surface area contributed by atoms with Gasteiger partial charge in [-0.15, -0.1) is 0 Å². The van der Waals surface area contributed by atoms with Crippen molar-refractivity contribution in [1.29, 1.82) is 0 Å². The van der Waals surface area contributed by atoms with E-state index in [4.69, 9.17) is 45.7 Å². The van der Waals surface area contributed by atoms with Crippen molar-refractivity contribution in [3.05, 3.63) is 85.1 Å². The lowest BCUT2D eigenvalue weighted by Crippen LogP contribution is -2.46. The molecular weight excluding hydrogens is 1140 g/mol. The van der Waals surface area contributed by atoms with Crippen molar-refractivity contribution in [2.75, 3.05) is 69.3 Å². The van der Waals surface area contributed by atoms with Crippen molar-refractivity contribution in [1.82, 2.24) is 0 Å². The van der Waals surface area contributed by atoms with Gasteiger partial charge in [-0.05, 0) is 13.1 Å². The van der Waals surface area contributed by atoms with E-state index in [9.17, 15) is 67.1 Å². The minimum Gasteiger partial charge on any atom is -0.482 e. The zero-order valence-corrected chi connectivity index (χ0v) is 48.7. The molecule has 0 atom stereocenters. The molecule has 440 valence electrons. The number of carbonyl (C=O) groups is 14. The van der Waals surface area contributed by atoms with E-state index in [1.165, 1.54) is 20.2 Å². The van der Waals surface area contributed by atoms with Gasteiger partial charge < -0.3 is 83.6 Å². The van der Waals surface area contributed by atoms with Crippen LogP contribution in [-0.4, -0.2) is 202 Å². The lowest BCUT2D eigenvalue weighted by molar-refractivity contribution is -0.146. The molecule has 0 radical (unpaired) electrons. The summed E-state index contributed by atoms with van der Waals surface area (Å²) in [7, 11) is -4.24. The molecule has 0 spiro atoms. The Bertz CT molecular complexity index is 2200. The number of hydrogen-bond acceptors (Lipinski definition) is 32. The number of rotatable bonds is 24. The van der Waals surface area contributed by atoms with Crippen LogP contribution in [0.3, 0.4) is 0 Å². The summed E-state index contributed by atoms with van der Waals surface area (Å²) in [5.41, 5.74) is 0. The van der Waals surface area contributed by atoms with E-state index in [-0.39, 0.29) is 6.23 Å². The highest BCUT2D eigenvalue weighted by atomic mass is 28.4. The van der Waals surface area contributed by atoms with E-state index < -0.39 is 124 Å². The minimum absolute atomic E-state index is 0.258. The maximum Gasteiger partial charge on any atom is 0.702 e. The molecule has 0 heterocycles. The third kappa shape index (κ3) is 48.8. The van der Waals surface area contributed by atoms with Gasteiger partial charge in [-0.3, -0.25) is 0 Å². The fourth-order valence-electron chi connectivity index (χ4n) is 3.28. The van der Waals surface area contributed by atoms with Crippen LogP contribution in [0.2, 0.25) is 32.7 Å². The Hall–Kier alpha value is -8.53. The first-order chi connectivity index (χ1) is 36.5. The van der Waals surface area contributed by atoms with Crippen LogP contribution in [0.15, 0.2) is 85.1 Å². The molecule has 0 bridgehead atoms. The van der Waals surface area contributed by atoms with E-state index in [1.807, 2.05) is 13.1 Å². The second kappa shape index (κ2) is 41.6. The number of carbonyl (C=O) groups excluding carboxylic acids is 14. The number of methoxy groups -OCH3 is 7. The molecule has 0 fully saturated rings. The maximum atomic E-state index is 11.8. The molecule has 0 rings (SSSR count). The van der Waals surface area contributed by atoms with Gasteiger partial charge in [0.15, 0.2) is 6.23 Å². The summed E-state index contributed by atoms with van der Waals surface area (Å²) in [6.07, 6.45) is 10.5. The van der Waals surface area contributed by atoms with E-state index in [0.717, 1.165) is 116 Å². The van der Waals surface area contributed by atoms with Crippen molar-refractivity contribution in [2.45, 2.75) is 32.7 Å². The molecule has 36 heteroatoms. The average molecular weight is 1200 g/mol. The van der Waals surface area contributed by atoms with Gasteiger partial charge in [0, 0.05) is 112 Å². The van der Waals surface area contributed by atoms with Crippen molar-refractivity contribution in [2.24, 2.45) is 0 Å². The summed E-state index contributed by atoms with van der Waals surface area (Å²) in [5.74, 6) is -12.2. The van der Waals surface area contributed by atoms with Crippen molar-refractivity contribution < 1.29 is 151 Å². The molecule has 32 nitrogen and oxygen atoms in total. The summed E-state index contributed by atoms with van der Waals surface area (Å²) < 4.78 is 68.7. The quantitative estimate of drug-likeness (QED) is 0.0406. The Morgan fingerprint density at radius 2 is 0.481 bits per heavy atom. The van der Waals surface area contributed by atoms with Gasteiger partial charge in [-0.25, -0.2) is 67.1 Å². The van der Waals surface area contributed by atoms with Gasteiger partial charge in [0.05, 0.1) is 49.8 Å². The Kier molecular flexibility index (Phi) is 40.5. The Balaban J connectivity index is -0.000000496. The van der Waals surface area contributed by atoms with Crippen molar-refractivity contribution in [3.63, 3.8) is 0 Å². The minimum atomic E-state index is -4.38. The van der Waals surface area contributed by atoms with E-state index in [2.05, 4.69) is 37.9 Å². The normalized spacial score (nSPS) is 11.3. The Labute approximate surface area is 454 Å². The third-order valence-electron chi connectivity index (χ3n) is 6.97. The fraction of sp³-hybridized carbons (Fsp3) is 0.349. The Morgan fingerprint density at radius 3 is 0.684 bits per heavy atom. The predicted molar refractivity (Wildman–Crippen MR) is 266 cm³/mol. The zero-order valence-electron chi connectivity index (χ0n) is 44.7. The predicted octanol–water partition coefficient (Wildman–Crippen LogP) is -2.03. The smallest absolute Gasteiger partial charge is 0.482 e. The highest BCUT2D eigenvalue weighted by molar-refractivity contribution is 6.71. The first kappa shape index (κ1) is 77.0. The lowest BCUT2D eigenvalue weighted by atomic mass is 10.5. The van der Waals surface area contributed by atoms with Gasteiger partial charge in [-0.1, -0.05) is 0 Å². The van der Waals surface area contributed by atoms with Crippen LogP contribution >= 0.6 is 0 Å². The van der Waals surface area contributed by atoms with Crippen LogP contribution in [0.1, 0.15) is 0 Å². The summed E-state index contributed by atoms with van der Waals surface area (Å²) in [6.45, 7) is 7.74. The van der Waals surface area contributed by atoms with Gasteiger partial charge >= 0.3 is 110 Å². The SMILES string of the molecule is COC(=O)/C=C/C(=O)OC[Si](C)(C)OC.COC(=O)/C=C/C(=O)OC[Si](O)(O)O.COC(=O)/C=C/C(=O)O[Si](C)(C)OC(=O)/C=C/C(=O)OC.COC(=O)/C=C/C(=O)O[Si](C)(OC(=O)/C=C/C(=O)OC)OC(=O)/C=C/C(=O)OC. The third-order valence-corrected chi connectivity index (χ3v) is 12.5. The molecule has 0 aromatic carbocycles. The zero-order chi connectivity index (χ0) is 62.0. The largest absolute Gasteiger partial charge is 0.702 e. The first-order valence-corrected chi connectivity index (χ1v) is 31.2. The molecule has 0 saturated carbocycles. The van der Waals surface area contributed by atoms with Crippen LogP contribution in [0.5, 0.6) is 0 Å².